The molecule has 1 unspecified atom stereocenters. The molecular weight excluding hydrogens is 377 g/mol. The Morgan fingerprint density at radius 3 is 2.54 bits per heavy atom. The van der Waals surface area contributed by atoms with Gasteiger partial charge in [-0.3, -0.25) is 0 Å². The van der Waals surface area contributed by atoms with Gasteiger partial charge in [-0.2, -0.15) is 0 Å². The molecule has 2 aromatic rings. The fourth-order valence-electron chi connectivity index (χ4n) is 2.79. The minimum Gasteiger partial charge on any atom is -0.465 e. The van der Waals surface area contributed by atoms with E-state index >= 15 is 0 Å². The number of rotatable bonds is 4. The first kappa shape index (κ1) is 18.7. The molecule has 0 aliphatic heterocycles. The third kappa shape index (κ3) is 3.88. The topological polar surface area (TPSA) is 67.2 Å². The molecule has 1 heterocycles. The van der Waals surface area contributed by atoms with Crippen molar-refractivity contribution in [1.29, 1.82) is 0 Å². The van der Waals surface area contributed by atoms with E-state index in [0.29, 0.717) is 27.8 Å². The molecule has 132 valence electrons. The first-order valence-corrected chi connectivity index (χ1v) is 8.65. The first-order chi connectivity index (χ1) is 11.0. The largest absolute Gasteiger partial charge is 0.465 e. The number of hydrogen-bond acceptors (Lipinski definition) is 2. The summed E-state index contributed by atoms with van der Waals surface area (Å²) in [5.41, 5.74) is 0.719. The van der Waals surface area contributed by atoms with Gasteiger partial charge in [-0.05, 0) is 31.4 Å². The summed E-state index contributed by atoms with van der Waals surface area (Å²) in [5, 5.41) is 11.7. The van der Waals surface area contributed by atoms with Gasteiger partial charge in [0.25, 0.3) is 0 Å². The van der Waals surface area contributed by atoms with Crippen LogP contribution in [0.3, 0.4) is 0 Å². The van der Waals surface area contributed by atoms with Crippen LogP contribution in [0.15, 0.2) is 16.6 Å². The molecule has 0 aliphatic rings. The van der Waals surface area contributed by atoms with Crippen molar-refractivity contribution in [1.82, 2.24) is 14.9 Å². The second-order valence-electron chi connectivity index (χ2n) is 7.32. The van der Waals surface area contributed by atoms with Crippen LogP contribution in [0, 0.1) is 11.2 Å². The molecule has 2 N–H and O–H groups in total. The molecule has 1 aromatic carbocycles. The summed E-state index contributed by atoms with van der Waals surface area (Å²) in [6.45, 7) is 9.90. The lowest BCUT2D eigenvalue weighted by Gasteiger charge is -2.30. The maximum Gasteiger partial charge on any atom is 0.404 e. The average Bonchev–Trinajstić information content (AvgIpc) is 2.74. The molecule has 24 heavy (non-hydrogen) atoms. The van der Waals surface area contributed by atoms with Gasteiger partial charge < -0.3 is 15.0 Å². The normalized spacial score (nSPS) is 13.5. The number of benzene rings is 1. The van der Waals surface area contributed by atoms with Gasteiger partial charge in [0.1, 0.15) is 11.3 Å². The summed E-state index contributed by atoms with van der Waals surface area (Å²) in [6.07, 6.45) is -0.684. The quantitative estimate of drug-likeness (QED) is 0.779. The third-order valence-electron chi connectivity index (χ3n) is 4.03. The van der Waals surface area contributed by atoms with Crippen LogP contribution in [0.25, 0.3) is 11.0 Å². The van der Waals surface area contributed by atoms with E-state index in [1.807, 2.05) is 45.3 Å². The van der Waals surface area contributed by atoms with Crippen molar-refractivity contribution in [2.24, 2.45) is 5.41 Å². The molecule has 2 rings (SSSR count). The molecule has 0 fully saturated rings. The number of fused-ring (bicyclic) bond motifs is 1. The number of carbonyl (C=O) groups is 1. The van der Waals surface area contributed by atoms with Gasteiger partial charge in [0, 0.05) is 23.0 Å². The highest BCUT2D eigenvalue weighted by Crippen LogP contribution is 2.29. The Balaban J connectivity index is 2.56. The van der Waals surface area contributed by atoms with E-state index in [0.717, 1.165) is 0 Å². The third-order valence-corrected chi connectivity index (χ3v) is 4.49. The van der Waals surface area contributed by atoms with Crippen molar-refractivity contribution in [2.75, 3.05) is 0 Å². The fraction of sp³-hybridized carbons (Fsp3) is 0.529. The van der Waals surface area contributed by atoms with Gasteiger partial charge >= 0.3 is 6.09 Å². The summed E-state index contributed by atoms with van der Waals surface area (Å²) in [7, 11) is 0. The van der Waals surface area contributed by atoms with Crippen molar-refractivity contribution >= 4 is 33.1 Å². The zero-order chi connectivity index (χ0) is 18.2. The summed E-state index contributed by atoms with van der Waals surface area (Å²) >= 11 is 3.32. The Morgan fingerprint density at radius 2 is 2.04 bits per heavy atom. The second kappa shape index (κ2) is 6.70. The monoisotopic (exact) mass is 399 g/mol. The lowest BCUT2D eigenvalue weighted by Crippen LogP contribution is -2.45. The smallest absolute Gasteiger partial charge is 0.404 e. The summed E-state index contributed by atoms with van der Waals surface area (Å²) in [6, 6.07) is 2.96. The van der Waals surface area contributed by atoms with Gasteiger partial charge in [-0.1, -0.05) is 36.7 Å². The van der Waals surface area contributed by atoms with Gasteiger partial charge in [0.05, 0.1) is 5.52 Å². The molecule has 0 bridgehead atoms. The standard InChI is InChI=1S/C17H23BrFN3O2/c1-9(2)22-12-7-10(18)6-11(19)15(12)21-14(22)8-13(17(3,4)5)20-16(23)24/h6-7,9,13,20H,8H2,1-5H3,(H,23,24). The molecule has 7 heteroatoms. The number of nitrogens with one attached hydrogen (secondary N) is 1. The van der Waals surface area contributed by atoms with Crippen LogP contribution in [-0.4, -0.2) is 26.8 Å². The van der Waals surface area contributed by atoms with Crippen LogP contribution in [0.4, 0.5) is 9.18 Å². The summed E-state index contributed by atoms with van der Waals surface area (Å²) < 4.78 is 16.9. The zero-order valence-electron chi connectivity index (χ0n) is 14.5. The predicted molar refractivity (Wildman–Crippen MR) is 95.9 cm³/mol. The first-order valence-electron chi connectivity index (χ1n) is 7.86. The van der Waals surface area contributed by atoms with Crippen molar-refractivity contribution in [3.8, 4) is 0 Å². The van der Waals surface area contributed by atoms with Crippen molar-refractivity contribution < 1.29 is 14.3 Å². The Morgan fingerprint density at radius 1 is 1.42 bits per heavy atom. The minimum absolute atomic E-state index is 0.0733. The molecule has 0 saturated carbocycles. The molecule has 1 atom stereocenters. The number of nitrogens with zero attached hydrogens (tertiary/aromatic N) is 2. The maximum absolute atomic E-state index is 14.3. The zero-order valence-corrected chi connectivity index (χ0v) is 16.1. The number of aromatic nitrogens is 2. The van der Waals surface area contributed by atoms with Crippen LogP contribution < -0.4 is 5.32 Å². The van der Waals surface area contributed by atoms with E-state index in [2.05, 4.69) is 26.2 Å². The molecule has 0 radical (unpaired) electrons. The highest BCUT2D eigenvalue weighted by Gasteiger charge is 2.29. The molecule has 0 aliphatic carbocycles. The van der Waals surface area contributed by atoms with Crippen molar-refractivity contribution in [2.45, 2.75) is 53.1 Å². The van der Waals surface area contributed by atoms with E-state index < -0.39 is 11.9 Å². The highest BCUT2D eigenvalue weighted by molar-refractivity contribution is 9.10. The molecule has 0 saturated heterocycles. The van der Waals surface area contributed by atoms with E-state index in [4.69, 9.17) is 5.11 Å². The van der Waals surface area contributed by atoms with Crippen molar-refractivity contribution in [3.05, 3.63) is 28.2 Å². The highest BCUT2D eigenvalue weighted by atomic mass is 79.9. The molecule has 5 nitrogen and oxygen atoms in total. The predicted octanol–water partition coefficient (Wildman–Crippen LogP) is 4.74. The van der Waals surface area contributed by atoms with Gasteiger partial charge in [-0.25, -0.2) is 14.2 Å². The van der Waals surface area contributed by atoms with Gasteiger partial charge in [0.15, 0.2) is 5.82 Å². The minimum atomic E-state index is -1.07. The Kier molecular flexibility index (Phi) is 5.22. The van der Waals surface area contributed by atoms with Crippen LogP contribution >= 0.6 is 15.9 Å². The Hall–Kier alpha value is -1.63. The Bertz CT molecular complexity index is 765. The van der Waals surface area contributed by atoms with Crippen LogP contribution in [0.1, 0.15) is 46.5 Å². The van der Waals surface area contributed by atoms with Crippen LogP contribution in [0.2, 0.25) is 0 Å². The maximum atomic E-state index is 14.3. The molecule has 1 aromatic heterocycles. The lowest BCUT2D eigenvalue weighted by atomic mass is 9.84. The number of amides is 1. The van der Waals surface area contributed by atoms with Crippen LogP contribution in [0.5, 0.6) is 0 Å². The van der Waals surface area contributed by atoms with Gasteiger partial charge in [-0.15, -0.1) is 0 Å². The fourth-order valence-corrected chi connectivity index (χ4v) is 3.21. The van der Waals surface area contributed by atoms with E-state index in [-0.39, 0.29) is 17.5 Å². The molecule has 0 spiro atoms. The van der Waals surface area contributed by atoms with E-state index in [9.17, 15) is 9.18 Å². The number of carboxylic acid groups (broad SMARTS) is 1. The van der Waals surface area contributed by atoms with Crippen molar-refractivity contribution in [3.63, 3.8) is 0 Å². The van der Waals surface area contributed by atoms with Crippen LogP contribution in [-0.2, 0) is 6.42 Å². The molecular formula is C17H23BrFN3O2. The van der Waals surface area contributed by atoms with Gasteiger partial charge in [0.2, 0.25) is 0 Å². The summed E-state index contributed by atoms with van der Waals surface area (Å²) in [5.74, 6) is 0.282. The average molecular weight is 400 g/mol. The summed E-state index contributed by atoms with van der Waals surface area (Å²) in [4.78, 5) is 15.6. The second-order valence-corrected chi connectivity index (χ2v) is 8.24. The Labute approximate surface area is 149 Å². The SMILES string of the molecule is CC(C)n1c(CC(NC(=O)O)C(C)(C)C)nc2c(F)cc(Br)cc21. The number of halogens is 2. The van der Waals surface area contributed by atoms with E-state index in [1.54, 1.807) is 0 Å². The lowest BCUT2D eigenvalue weighted by molar-refractivity contribution is 0.173. The molecule has 1 amide bonds. The number of hydrogen-bond donors (Lipinski definition) is 2. The van der Waals surface area contributed by atoms with E-state index in [1.165, 1.54) is 6.07 Å². The number of imidazole rings is 1.